The van der Waals surface area contributed by atoms with Crippen molar-refractivity contribution in [1.29, 1.82) is 0 Å². The summed E-state index contributed by atoms with van der Waals surface area (Å²) in [5, 5.41) is 6.87. The molecule has 7 heteroatoms. The Hall–Kier alpha value is -0.570. The van der Waals surface area contributed by atoms with Gasteiger partial charge in [0.2, 0.25) is 5.91 Å². The van der Waals surface area contributed by atoms with Crippen LogP contribution in [0.25, 0.3) is 0 Å². The van der Waals surface area contributed by atoms with Gasteiger partial charge in [0.25, 0.3) is 0 Å². The van der Waals surface area contributed by atoms with E-state index in [2.05, 4.69) is 36.3 Å². The number of guanidine groups is 1. The summed E-state index contributed by atoms with van der Waals surface area (Å²) in [5.41, 5.74) is 0. The largest absolute Gasteiger partial charge is 0.378 e. The average Bonchev–Trinajstić information content (AvgIpc) is 3.32. The van der Waals surface area contributed by atoms with Crippen LogP contribution in [0.5, 0.6) is 0 Å². The molecule has 2 rings (SSSR count). The predicted octanol–water partition coefficient (Wildman–Crippen LogP) is 3.40. The molecule has 28 heavy (non-hydrogen) atoms. The van der Waals surface area contributed by atoms with Gasteiger partial charge in [-0.05, 0) is 45.4 Å². The predicted molar refractivity (Wildman–Crippen MR) is 126 cm³/mol. The molecule has 1 saturated carbocycles. The summed E-state index contributed by atoms with van der Waals surface area (Å²) in [5.74, 6) is 2.00. The molecule has 1 heterocycles. The van der Waals surface area contributed by atoms with Crippen LogP contribution in [-0.2, 0) is 9.53 Å². The molecule has 2 fully saturated rings. The number of rotatable bonds is 9. The van der Waals surface area contributed by atoms with Crippen molar-refractivity contribution in [3.05, 3.63) is 0 Å². The number of aliphatic imine (C=N–C) groups is 1. The molecular weight excluding hydrogens is 467 g/mol. The van der Waals surface area contributed by atoms with Crippen molar-refractivity contribution in [2.45, 2.75) is 78.4 Å². The topological polar surface area (TPSA) is 66.0 Å². The zero-order valence-corrected chi connectivity index (χ0v) is 20.5. The van der Waals surface area contributed by atoms with Gasteiger partial charge in [0.05, 0.1) is 6.10 Å². The number of hydrogen-bond acceptors (Lipinski definition) is 3. The monoisotopic (exact) mass is 508 g/mol. The molecule has 2 aliphatic rings. The lowest BCUT2D eigenvalue weighted by Crippen LogP contribution is -2.45. The highest BCUT2D eigenvalue weighted by Crippen LogP contribution is 2.27. The molecule has 6 nitrogen and oxygen atoms in total. The first-order valence-electron chi connectivity index (χ1n) is 11.0. The summed E-state index contributed by atoms with van der Waals surface area (Å²) in [6.45, 7) is 12.5. The molecule has 0 aromatic heterocycles. The van der Waals surface area contributed by atoms with Crippen LogP contribution in [0.2, 0.25) is 0 Å². The summed E-state index contributed by atoms with van der Waals surface area (Å²) in [4.78, 5) is 19.4. The van der Waals surface area contributed by atoms with E-state index in [1.165, 1.54) is 12.8 Å². The van der Waals surface area contributed by atoms with E-state index in [1.54, 1.807) is 0 Å². The highest BCUT2D eigenvalue weighted by atomic mass is 127. The standard InChI is InChI=1S/C21H40N4O2.HI/c1-5-22-21(23-13-11-19(16(3)4)27-6-2)24-18-12-14-25(15-18)20(26)17-9-7-8-10-17;/h16-19H,5-15H2,1-4H3,(H2,22,23,24);1H. The summed E-state index contributed by atoms with van der Waals surface area (Å²) in [7, 11) is 0. The minimum atomic E-state index is 0. The van der Waals surface area contributed by atoms with E-state index in [1.807, 2.05) is 6.92 Å². The van der Waals surface area contributed by atoms with E-state index in [9.17, 15) is 4.79 Å². The molecule has 0 aromatic carbocycles. The van der Waals surface area contributed by atoms with Crippen molar-refractivity contribution in [2.24, 2.45) is 16.8 Å². The highest BCUT2D eigenvalue weighted by molar-refractivity contribution is 14.0. The molecule has 2 N–H and O–H groups in total. The molecule has 1 amide bonds. The van der Waals surface area contributed by atoms with Crippen molar-refractivity contribution in [3.63, 3.8) is 0 Å². The normalized spacial score (nSPS) is 21.7. The number of likely N-dealkylation sites (tertiary alicyclic amines) is 1. The third-order valence-corrected chi connectivity index (χ3v) is 5.70. The number of nitrogens with one attached hydrogen (secondary N) is 2. The third kappa shape index (κ3) is 8.05. The molecule has 2 atom stereocenters. The van der Waals surface area contributed by atoms with Crippen LogP contribution < -0.4 is 10.6 Å². The minimum Gasteiger partial charge on any atom is -0.378 e. The number of ether oxygens (including phenoxy) is 1. The Labute approximate surface area is 188 Å². The lowest BCUT2D eigenvalue weighted by atomic mass is 10.0. The summed E-state index contributed by atoms with van der Waals surface area (Å²) in [6, 6.07) is 0.293. The van der Waals surface area contributed by atoms with Crippen LogP contribution in [0.1, 0.15) is 66.2 Å². The SMILES string of the molecule is CCNC(=NCCC(OCC)C(C)C)NC1CCN(C(=O)C2CCCC2)C1.I. The Morgan fingerprint density at radius 2 is 1.93 bits per heavy atom. The van der Waals surface area contributed by atoms with Gasteiger partial charge in [-0.25, -0.2) is 0 Å². The van der Waals surface area contributed by atoms with Crippen molar-refractivity contribution < 1.29 is 9.53 Å². The fraction of sp³-hybridized carbons (Fsp3) is 0.905. The van der Waals surface area contributed by atoms with E-state index < -0.39 is 0 Å². The zero-order valence-electron chi connectivity index (χ0n) is 18.2. The van der Waals surface area contributed by atoms with Crippen molar-refractivity contribution in [2.75, 3.05) is 32.8 Å². The van der Waals surface area contributed by atoms with E-state index in [-0.39, 0.29) is 36.0 Å². The Bertz CT molecular complexity index is 481. The summed E-state index contributed by atoms with van der Waals surface area (Å²) in [6.07, 6.45) is 6.76. The number of nitrogens with zero attached hydrogens (tertiary/aromatic N) is 2. The maximum Gasteiger partial charge on any atom is 0.225 e. The Morgan fingerprint density at radius 1 is 1.21 bits per heavy atom. The first-order chi connectivity index (χ1) is 13.0. The van der Waals surface area contributed by atoms with Gasteiger partial charge in [0.15, 0.2) is 5.96 Å². The second-order valence-electron chi connectivity index (χ2n) is 8.18. The third-order valence-electron chi connectivity index (χ3n) is 5.70. The van der Waals surface area contributed by atoms with E-state index in [0.717, 1.165) is 64.4 Å². The number of carbonyl (C=O) groups is 1. The van der Waals surface area contributed by atoms with E-state index in [0.29, 0.717) is 17.9 Å². The molecule has 0 aromatic rings. The lowest BCUT2D eigenvalue weighted by molar-refractivity contribution is -0.134. The van der Waals surface area contributed by atoms with Crippen molar-refractivity contribution >= 4 is 35.8 Å². The van der Waals surface area contributed by atoms with Gasteiger partial charge >= 0.3 is 0 Å². The number of halogens is 1. The molecule has 1 aliphatic heterocycles. The fourth-order valence-electron chi connectivity index (χ4n) is 4.15. The van der Waals surface area contributed by atoms with Crippen LogP contribution in [0.4, 0.5) is 0 Å². The molecule has 2 unspecified atom stereocenters. The zero-order chi connectivity index (χ0) is 19.6. The molecule has 0 bridgehead atoms. The molecule has 0 radical (unpaired) electrons. The summed E-state index contributed by atoms with van der Waals surface area (Å²) >= 11 is 0. The van der Waals surface area contributed by atoms with Crippen LogP contribution in [0, 0.1) is 11.8 Å². The van der Waals surface area contributed by atoms with Gasteiger partial charge in [-0.15, -0.1) is 24.0 Å². The van der Waals surface area contributed by atoms with E-state index in [4.69, 9.17) is 9.73 Å². The van der Waals surface area contributed by atoms with Crippen LogP contribution in [0.15, 0.2) is 4.99 Å². The maximum atomic E-state index is 12.6. The first kappa shape index (κ1) is 25.5. The molecule has 1 aliphatic carbocycles. The number of amides is 1. The molecule has 164 valence electrons. The lowest BCUT2D eigenvalue weighted by Gasteiger charge is -2.22. The van der Waals surface area contributed by atoms with Crippen LogP contribution in [0.3, 0.4) is 0 Å². The van der Waals surface area contributed by atoms with Gasteiger partial charge in [-0.3, -0.25) is 9.79 Å². The van der Waals surface area contributed by atoms with Crippen molar-refractivity contribution in [3.8, 4) is 0 Å². The Balaban J connectivity index is 0.00000392. The number of carbonyl (C=O) groups excluding carboxylic acids is 1. The molecule has 0 spiro atoms. The van der Waals surface area contributed by atoms with Crippen LogP contribution >= 0.6 is 24.0 Å². The van der Waals surface area contributed by atoms with Crippen molar-refractivity contribution in [1.82, 2.24) is 15.5 Å². The fourth-order valence-corrected chi connectivity index (χ4v) is 4.15. The smallest absolute Gasteiger partial charge is 0.225 e. The minimum absolute atomic E-state index is 0. The first-order valence-corrected chi connectivity index (χ1v) is 11.0. The van der Waals surface area contributed by atoms with Gasteiger partial charge in [0, 0.05) is 44.7 Å². The molecular formula is C21H41IN4O2. The highest BCUT2D eigenvalue weighted by Gasteiger charge is 2.32. The van der Waals surface area contributed by atoms with Gasteiger partial charge in [-0.1, -0.05) is 26.7 Å². The Morgan fingerprint density at radius 3 is 2.54 bits per heavy atom. The van der Waals surface area contributed by atoms with Gasteiger partial charge in [-0.2, -0.15) is 0 Å². The maximum absolute atomic E-state index is 12.6. The number of hydrogen-bond donors (Lipinski definition) is 2. The second kappa shape index (κ2) is 13.6. The van der Waals surface area contributed by atoms with E-state index >= 15 is 0 Å². The Kier molecular flexibility index (Phi) is 12.4. The quantitative estimate of drug-likeness (QED) is 0.285. The van der Waals surface area contributed by atoms with Crippen LogP contribution in [-0.4, -0.2) is 61.7 Å². The molecule has 1 saturated heterocycles. The van der Waals surface area contributed by atoms with Gasteiger partial charge < -0.3 is 20.3 Å². The average molecular weight is 508 g/mol. The summed E-state index contributed by atoms with van der Waals surface area (Å²) < 4.78 is 5.81. The second-order valence-corrected chi connectivity index (χ2v) is 8.18. The van der Waals surface area contributed by atoms with Gasteiger partial charge in [0.1, 0.15) is 0 Å².